The summed E-state index contributed by atoms with van der Waals surface area (Å²) in [5.74, 6) is 0.743. The lowest BCUT2D eigenvalue weighted by atomic mass is 10.2. The van der Waals surface area contributed by atoms with Gasteiger partial charge in [-0.25, -0.2) is 0 Å². The number of nitrogens with zero attached hydrogens (tertiary/aromatic N) is 3. The first kappa shape index (κ1) is 21.1. The van der Waals surface area contributed by atoms with Crippen molar-refractivity contribution in [3.63, 3.8) is 0 Å². The van der Waals surface area contributed by atoms with Gasteiger partial charge in [-0.05, 0) is 44.3 Å². The second kappa shape index (κ2) is 9.76. The minimum Gasteiger partial charge on any atom is -0.491 e. The third-order valence-corrected chi connectivity index (χ3v) is 5.37. The number of nitrogens with one attached hydrogen (secondary N) is 1. The predicted octanol–water partition coefficient (Wildman–Crippen LogP) is 3.01. The number of para-hydroxylation sites is 2. The van der Waals surface area contributed by atoms with Crippen LogP contribution in [0.3, 0.4) is 0 Å². The number of aliphatic hydroxyl groups is 1. The summed E-state index contributed by atoms with van der Waals surface area (Å²) in [5.41, 5.74) is 3.57. The van der Waals surface area contributed by atoms with Crippen molar-refractivity contribution in [2.75, 3.05) is 26.2 Å². The summed E-state index contributed by atoms with van der Waals surface area (Å²) >= 11 is 0. The second-order valence-electron chi connectivity index (χ2n) is 7.38. The molecule has 0 aliphatic heterocycles. The number of rotatable bonds is 10. The molecule has 1 aromatic heterocycles. The van der Waals surface area contributed by atoms with Crippen molar-refractivity contribution in [3.05, 3.63) is 59.7 Å². The summed E-state index contributed by atoms with van der Waals surface area (Å²) in [4.78, 5) is 2.35. The van der Waals surface area contributed by atoms with Gasteiger partial charge in [0, 0.05) is 13.1 Å². The van der Waals surface area contributed by atoms with E-state index in [1.54, 1.807) is 0 Å². The van der Waals surface area contributed by atoms with Crippen LogP contribution in [0.4, 0.5) is 0 Å². The van der Waals surface area contributed by atoms with E-state index in [4.69, 9.17) is 10.1 Å². The number of ether oxygens (including phenoxy) is 1. The number of fused-ring (bicyclic) bond motifs is 1. The lowest BCUT2D eigenvalue weighted by Crippen LogP contribution is -2.34. The van der Waals surface area contributed by atoms with E-state index in [2.05, 4.69) is 18.7 Å². The third kappa shape index (κ3) is 5.08. The van der Waals surface area contributed by atoms with E-state index < -0.39 is 6.10 Å². The number of likely N-dealkylation sites (N-methyl/N-ethyl adjacent to an activating group) is 1. The predicted molar refractivity (Wildman–Crippen MR) is 116 cm³/mol. The fourth-order valence-electron chi connectivity index (χ4n) is 3.58. The zero-order chi connectivity index (χ0) is 20.8. The van der Waals surface area contributed by atoms with E-state index in [0.717, 1.165) is 43.0 Å². The highest BCUT2D eigenvalue weighted by Gasteiger charge is 2.15. The Hall–Kier alpha value is -2.57. The van der Waals surface area contributed by atoms with E-state index in [1.807, 2.05) is 64.6 Å². The van der Waals surface area contributed by atoms with E-state index in [-0.39, 0.29) is 6.61 Å². The minimum absolute atomic E-state index is 0.189. The lowest BCUT2D eigenvalue weighted by molar-refractivity contribution is 0.0920. The van der Waals surface area contributed by atoms with Crippen LogP contribution in [-0.2, 0) is 13.1 Å². The van der Waals surface area contributed by atoms with Crippen LogP contribution in [-0.4, -0.2) is 51.5 Å². The number of hydrogen-bond donors (Lipinski definition) is 2. The number of aliphatic hydroxyl groups excluding tert-OH is 1. The first-order valence-electron chi connectivity index (χ1n) is 10.4. The average molecular weight is 397 g/mol. The monoisotopic (exact) mass is 396 g/mol. The Morgan fingerprint density at radius 2 is 1.62 bits per heavy atom. The molecule has 0 unspecified atom stereocenters. The molecule has 2 N–H and O–H groups in total. The summed E-state index contributed by atoms with van der Waals surface area (Å²) in [5, 5.41) is 19.3. The SMILES string of the molecule is CCN(CC)CCn1c(=N)n(C[C@@H](O)COc2ccc(C)cc2)c2ccccc21. The molecular weight excluding hydrogens is 364 g/mol. The Morgan fingerprint density at radius 1 is 1.00 bits per heavy atom. The first-order chi connectivity index (χ1) is 14.0. The van der Waals surface area contributed by atoms with Crippen LogP contribution in [0.1, 0.15) is 19.4 Å². The number of benzene rings is 2. The van der Waals surface area contributed by atoms with Crippen molar-refractivity contribution in [2.24, 2.45) is 0 Å². The van der Waals surface area contributed by atoms with Crippen molar-refractivity contribution >= 4 is 11.0 Å². The van der Waals surface area contributed by atoms with Gasteiger partial charge in [-0.1, -0.05) is 43.7 Å². The highest BCUT2D eigenvalue weighted by atomic mass is 16.5. The number of hydrogen-bond acceptors (Lipinski definition) is 4. The lowest BCUT2D eigenvalue weighted by Gasteiger charge is -2.18. The zero-order valence-corrected chi connectivity index (χ0v) is 17.6. The quantitative estimate of drug-likeness (QED) is 0.554. The molecular formula is C23H32N4O2. The van der Waals surface area contributed by atoms with E-state index in [1.165, 1.54) is 5.56 Å². The van der Waals surface area contributed by atoms with E-state index in [9.17, 15) is 5.11 Å². The molecule has 0 fully saturated rings. The summed E-state index contributed by atoms with van der Waals surface area (Å²) in [6.07, 6.45) is -0.701. The molecule has 2 aromatic carbocycles. The summed E-state index contributed by atoms with van der Waals surface area (Å²) in [6.45, 7) is 10.5. The molecule has 6 heteroatoms. The van der Waals surface area contributed by atoms with Crippen LogP contribution in [0.2, 0.25) is 0 Å². The second-order valence-corrected chi connectivity index (χ2v) is 7.38. The molecule has 1 heterocycles. The molecule has 0 bridgehead atoms. The average Bonchev–Trinajstić information content (AvgIpc) is 3.00. The minimum atomic E-state index is -0.701. The largest absolute Gasteiger partial charge is 0.491 e. The molecule has 156 valence electrons. The fraction of sp³-hybridized carbons (Fsp3) is 0.435. The van der Waals surface area contributed by atoms with E-state index in [0.29, 0.717) is 12.2 Å². The highest BCUT2D eigenvalue weighted by Crippen LogP contribution is 2.15. The summed E-state index contributed by atoms with van der Waals surface area (Å²) in [6, 6.07) is 15.8. The van der Waals surface area contributed by atoms with Crippen molar-refractivity contribution in [3.8, 4) is 5.75 Å². The van der Waals surface area contributed by atoms with Gasteiger partial charge >= 0.3 is 0 Å². The van der Waals surface area contributed by atoms with Crippen molar-refractivity contribution in [2.45, 2.75) is 40.0 Å². The third-order valence-electron chi connectivity index (χ3n) is 5.37. The van der Waals surface area contributed by atoms with Gasteiger partial charge in [0.15, 0.2) is 0 Å². The molecule has 0 aliphatic rings. The molecule has 3 aromatic rings. The highest BCUT2D eigenvalue weighted by molar-refractivity contribution is 5.75. The molecule has 0 aliphatic carbocycles. The van der Waals surface area contributed by atoms with E-state index >= 15 is 0 Å². The zero-order valence-electron chi connectivity index (χ0n) is 17.6. The Labute approximate surface area is 172 Å². The molecule has 0 radical (unpaired) electrons. The first-order valence-corrected chi connectivity index (χ1v) is 10.4. The maximum Gasteiger partial charge on any atom is 0.203 e. The van der Waals surface area contributed by atoms with Gasteiger partial charge in [-0.15, -0.1) is 0 Å². The molecule has 3 rings (SSSR count). The molecule has 0 amide bonds. The Kier molecular flexibility index (Phi) is 7.12. The number of imidazole rings is 1. The molecule has 0 saturated carbocycles. The smallest absolute Gasteiger partial charge is 0.203 e. The van der Waals surface area contributed by atoms with Crippen LogP contribution in [0.25, 0.3) is 11.0 Å². The number of aryl methyl sites for hydroxylation is 1. The van der Waals surface area contributed by atoms with Gasteiger partial charge < -0.3 is 23.9 Å². The summed E-state index contributed by atoms with van der Waals surface area (Å²) in [7, 11) is 0. The Morgan fingerprint density at radius 3 is 2.24 bits per heavy atom. The van der Waals surface area contributed by atoms with Crippen LogP contribution in [0.15, 0.2) is 48.5 Å². The van der Waals surface area contributed by atoms with Crippen molar-refractivity contribution in [1.29, 1.82) is 5.41 Å². The number of aromatic nitrogens is 2. The maximum atomic E-state index is 10.6. The van der Waals surface area contributed by atoms with Gasteiger partial charge in [0.05, 0.1) is 17.6 Å². The van der Waals surface area contributed by atoms with Crippen molar-refractivity contribution in [1.82, 2.24) is 14.0 Å². The fourth-order valence-corrected chi connectivity index (χ4v) is 3.58. The van der Waals surface area contributed by atoms with Crippen LogP contribution in [0.5, 0.6) is 5.75 Å². The van der Waals surface area contributed by atoms with Crippen LogP contribution in [0, 0.1) is 12.3 Å². The van der Waals surface area contributed by atoms with Gasteiger partial charge in [0.25, 0.3) is 0 Å². The molecule has 29 heavy (non-hydrogen) atoms. The molecule has 0 spiro atoms. The van der Waals surface area contributed by atoms with Gasteiger partial charge in [-0.2, -0.15) is 0 Å². The van der Waals surface area contributed by atoms with Crippen molar-refractivity contribution < 1.29 is 9.84 Å². The standard InChI is InChI=1S/C23H32N4O2/c1-4-25(5-2)14-15-26-21-8-6-7-9-22(21)27(23(26)24)16-19(28)17-29-20-12-10-18(3)11-13-20/h6-13,19,24,28H,4-5,14-17H2,1-3H3/t19-/m1/s1. The molecule has 1 atom stereocenters. The van der Waals surface area contributed by atoms with Gasteiger partial charge in [0.2, 0.25) is 5.62 Å². The topological polar surface area (TPSA) is 66.4 Å². The van der Waals surface area contributed by atoms with Crippen LogP contribution >= 0.6 is 0 Å². The molecule has 0 saturated heterocycles. The Balaban J connectivity index is 1.75. The maximum absolute atomic E-state index is 10.6. The summed E-state index contributed by atoms with van der Waals surface area (Å²) < 4.78 is 9.63. The Bertz CT molecular complexity index is 971. The van der Waals surface area contributed by atoms with Gasteiger partial charge in [0.1, 0.15) is 18.5 Å². The normalized spacial score (nSPS) is 12.6. The molecule has 6 nitrogen and oxygen atoms in total. The van der Waals surface area contributed by atoms with Gasteiger partial charge in [-0.3, -0.25) is 5.41 Å². The van der Waals surface area contributed by atoms with Crippen LogP contribution < -0.4 is 10.4 Å².